The molecule has 0 saturated carbocycles. The maximum absolute atomic E-state index is 12.5. The van der Waals surface area contributed by atoms with Gasteiger partial charge in [-0.2, -0.15) is 4.72 Å². The zero-order chi connectivity index (χ0) is 17.0. The van der Waals surface area contributed by atoms with Gasteiger partial charge in [-0.15, -0.1) is 0 Å². The molecule has 2 atom stereocenters. The highest BCUT2D eigenvalue weighted by Gasteiger charge is 2.33. The van der Waals surface area contributed by atoms with Gasteiger partial charge in [-0.1, -0.05) is 17.7 Å². The Labute approximate surface area is 136 Å². The molecule has 0 radical (unpaired) electrons. The van der Waals surface area contributed by atoms with Crippen LogP contribution in [0, 0.1) is 6.92 Å². The minimum absolute atomic E-state index is 0.0588. The molecule has 1 aliphatic heterocycles. The van der Waals surface area contributed by atoms with Gasteiger partial charge in [-0.05, 0) is 26.0 Å². The second kappa shape index (κ2) is 7.39. The van der Waals surface area contributed by atoms with Gasteiger partial charge in [0.2, 0.25) is 15.9 Å². The first-order chi connectivity index (χ1) is 10.8. The number of carbonyl (C=O) groups is 1. The number of amides is 1. The van der Waals surface area contributed by atoms with Crippen molar-refractivity contribution in [3.8, 4) is 0 Å². The molecule has 8 heteroatoms. The zero-order valence-corrected chi connectivity index (χ0v) is 14.0. The van der Waals surface area contributed by atoms with Crippen LogP contribution in [-0.4, -0.2) is 62.8 Å². The number of nitrogens with zero attached hydrogens (tertiary/aromatic N) is 1. The molecule has 1 saturated heterocycles. The van der Waals surface area contributed by atoms with Crippen LogP contribution in [0.2, 0.25) is 0 Å². The normalized spacial score (nSPS) is 18.5. The number of nitrogens with one attached hydrogen (secondary N) is 1. The zero-order valence-electron chi connectivity index (χ0n) is 13.2. The average molecular weight is 342 g/mol. The lowest BCUT2D eigenvalue weighted by Gasteiger charge is -2.31. The largest absolute Gasteiger partial charge is 0.391 e. The SMILES string of the molecule is Cc1ccc(S(=O)(=O)N[C@H](C(=O)N2CCOCC2)[C@@H](C)O)cc1. The number of rotatable bonds is 5. The van der Waals surface area contributed by atoms with E-state index in [-0.39, 0.29) is 4.90 Å². The molecule has 0 aliphatic carbocycles. The minimum atomic E-state index is -3.89. The van der Waals surface area contributed by atoms with Crippen LogP contribution >= 0.6 is 0 Å². The molecule has 2 N–H and O–H groups in total. The highest BCUT2D eigenvalue weighted by Crippen LogP contribution is 2.13. The summed E-state index contributed by atoms with van der Waals surface area (Å²) in [6.07, 6.45) is -1.15. The van der Waals surface area contributed by atoms with E-state index in [0.29, 0.717) is 26.3 Å². The van der Waals surface area contributed by atoms with E-state index in [4.69, 9.17) is 4.74 Å². The quantitative estimate of drug-likeness (QED) is 0.778. The number of morpholine rings is 1. The van der Waals surface area contributed by atoms with E-state index in [2.05, 4.69) is 4.72 Å². The van der Waals surface area contributed by atoms with Crippen molar-refractivity contribution >= 4 is 15.9 Å². The molecule has 0 unspecified atom stereocenters. The van der Waals surface area contributed by atoms with E-state index in [1.807, 2.05) is 6.92 Å². The summed E-state index contributed by atoms with van der Waals surface area (Å²) in [7, 11) is -3.89. The van der Waals surface area contributed by atoms with Gasteiger partial charge in [-0.3, -0.25) is 4.79 Å². The molecule has 0 aromatic heterocycles. The van der Waals surface area contributed by atoms with E-state index >= 15 is 0 Å². The Morgan fingerprint density at radius 1 is 1.26 bits per heavy atom. The van der Waals surface area contributed by atoms with Gasteiger partial charge in [0.15, 0.2) is 0 Å². The molecule has 128 valence electrons. The standard InChI is InChI=1S/C15H22N2O5S/c1-11-3-5-13(6-4-11)23(20,21)16-14(12(2)18)15(19)17-7-9-22-10-8-17/h3-6,12,14,16,18H,7-10H2,1-2H3/t12-,14+/m1/s1. The number of carbonyl (C=O) groups excluding carboxylic acids is 1. The molecule has 0 bridgehead atoms. The fourth-order valence-corrected chi connectivity index (χ4v) is 3.55. The summed E-state index contributed by atoms with van der Waals surface area (Å²) in [4.78, 5) is 14.0. The Balaban J connectivity index is 2.17. The second-order valence-corrected chi connectivity index (χ2v) is 7.30. The van der Waals surface area contributed by atoms with Gasteiger partial charge in [0.1, 0.15) is 6.04 Å². The Morgan fingerprint density at radius 2 is 1.83 bits per heavy atom. The molecule has 1 amide bonds. The first-order valence-electron chi connectivity index (χ1n) is 7.45. The lowest BCUT2D eigenvalue weighted by molar-refractivity contribution is -0.139. The maximum Gasteiger partial charge on any atom is 0.243 e. The van der Waals surface area contributed by atoms with Crippen LogP contribution < -0.4 is 4.72 Å². The van der Waals surface area contributed by atoms with Gasteiger partial charge < -0.3 is 14.7 Å². The number of sulfonamides is 1. The van der Waals surface area contributed by atoms with Crippen molar-refractivity contribution in [2.75, 3.05) is 26.3 Å². The molecular formula is C15H22N2O5S. The molecule has 1 aromatic carbocycles. The maximum atomic E-state index is 12.5. The van der Waals surface area contributed by atoms with E-state index in [9.17, 15) is 18.3 Å². The van der Waals surface area contributed by atoms with Crippen molar-refractivity contribution in [1.29, 1.82) is 0 Å². The van der Waals surface area contributed by atoms with Crippen molar-refractivity contribution in [1.82, 2.24) is 9.62 Å². The predicted molar refractivity (Wildman–Crippen MR) is 84.4 cm³/mol. The van der Waals surface area contributed by atoms with E-state index in [0.717, 1.165) is 5.56 Å². The number of benzene rings is 1. The summed E-state index contributed by atoms with van der Waals surface area (Å²) >= 11 is 0. The van der Waals surface area contributed by atoms with Crippen molar-refractivity contribution in [2.24, 2.45) is 0 Å². The molecule has 1 fully saturated rings. The third-order valence-corrected chi connectivity index (χ3v) is 5.14. The summed E-state index contributed by atoms with van der Waals surface area (Å²) < 4.78 is 32.3. The molecule has 7 nitrogen and oxygen atoms in total. The Bertz CT molecular complexity index is 636. The number of hydrogen-bond acceptors (Lipinski definition) is 5. The second-order valence-electron chi connectivity index (χ2n) is 5.59. The van der Waals surface area contributed by atoms with Crippen LogP contribution in [0.1, 0.15) is 12.5 Å². The molecule has 23 heavy (non-hydrogen) atoms. The third kappa shape index (κ3) is 4.51. The van der Waals surface area contributed by atoms with Gasteiger partial charge in [0, 0.05) is 13.1 Å². The van der Waals surface area contributed by atoms with Crippen LogP contribution in [-0.2, 0) is 19.6 Å². The first-order valence-corrected chi connectivity index (χ1v) is 8.93. The summed E-state index contributed by atoms with van der Waals surface area (Å²) in [5.41, 5.74) is 0.931. The minimum Gasteiger partial charge on any atom is -0.391 e. The van der Waals surface area contributed by atoms with Crippen molar-refractivity contribution in [3.63, 3.8) is 0 Å². The van der Waals surface area contributed by atoms with Crippen LogP contribution in [0.25, 0.3) is 0 Å². The first kappa shape index (κ1) is 17.9. The predicted octanol–water partition coefficient (Wildman–Crippen LogP) is -0.118. The smallest absolute Gasteiger partial charge is 0.243 e. The summed E-state index contributed by atoms with van der Waals surface area (Å²) in [5.74, 6) is -0.445. The van der Waals surface area contributed by atoms with Crippen LogP contribution in [0.15, 0.2) is 29.2 Å². The van der Waals surface area contributed by atoms with Crippen LogP contribution in [0.3, 0.4) is 0 Å². The van der Waals surface area contributed by atoms with E-state index < -0.39 is 28.1 Å². The fraction of sp³-hybridized carbons (Fsp3) is 0.533. The monoisotopic (exact) mass is 342 g/mol. The van der Waals surface area contributed by atoms with Crippen LogP contribution in [0.4, 0.5) is 0 Å². The van der Waals surface area contributed by atoms with Crippen molar-refractivity contribution in [2.45, 2.75) is 30.9 Å². The molecule has 2 rings (SSSR count). The number of aliphatic hydroxyl groups excluding tert-OH is 1. The molecule has 1 aromatic rings. The van der Waals surface area contributed by atoms with Crippen LogP contribution in [0.5, 0.6) is 0 Å². The highest BCUT2D eigenvalue weighted by molar-refractivity contribution is 7.89. The van der Waals surface area contributed by atoms with E-state index in [1.165, 1.54) is 24.0 Å². The highest BCUT2D eigenvalue weighted by atomic mass is 32.2. The number of hydrogen-bond donors (Lipinski definition) is 2. The fourth-order valence-electron chi connectivity index (χ4n) is 2.29. The summed E-state index contributed by atoms with van der Waals surface area (Å²) in [5, 5.41) is 9.86. The lowest BCUT2D eigenvalue weighted by atomic mass is 10.1. The number of aliphatic hydroxyl groups is 1. The van der Waals surface area contributed by atoms with Gasteiger partial charge in [0.25, 0.3) is 0 Å². The summed E-state index contributed by atoms with van der Waals surface area (Å²) in [6.45, 7) is 4.82. The van der Waals surface area contributed by atoms with Crippen molar-refractivity contribution in [3.05, 3.63) is 29.8 Å². The molecule has 1 aliphatic rings. The Hall–Kier alpha value is -1.48. The van der Waals surface area contributed by atoms with Gasteiger partial charge in [-0.25, -0.2) is 8.42 Å². The molecular weight excluding hydrogens is 320 g/mol. The average Bonchev–Trinajstić information content (AvgIpc) is 2.53. The lowest BCUT2D eigenvalue weighted by Crippen LogP contribution is -2.55. The Morgan fingerprint density at radius 3 is 2.35 bits per heavy atom. The molecule has 0 spiro atoms. The van der Waals surface area contributed by atoms with E-state index in [1.54, 1.807) is 12.1 Å². The van der Waals surface area contributed by atoms with Gasteiger partial charge >= 0.3 is 0 Å². The molecule has 1 heterocycles. The third-order valence-electron chi connectivity index (χ3n) is 3.68. The topological polar surface area (TPSA) is 95.9 Å². The Kier molecular flexibility index (Phi) is 5.74. The van der Waals surface area contributed by atoms with Gasteiger partial charge in [0.05, 0.1) is 24.2 Å². The van der Waals surface area contributed by atoms with Crippen molar-refractivity contribution < 1.29 is 23.1 Å². The number of ether oxygens (including phenoxy) is 1. The number of aryl methyl sites for hydroxylation is 1. The summed E-state index contributed by atoms with van der Waals surface area (Å²) in [6, 6.07) is 5.07.